The van der Waals surface area contributed by atoms with Crippen LogP contribution in [-0.4, -0.2) is 0 Å². The molecule has 0 aliphatic heterocycles. The van der Waals surface area contributed by atoms with Crippen molar-refractivity contribution in [2.45, 2.75) is 13.3 Å². The summed E-state index contributed by atoms with van der Waals surface area (Å²) in [5, 5.41) is 2.64. The van der Waals surface area contributed by atoms with Crippen LogP contribution in [0.2, 0.25) is 20.1 Å². The van der Waals surface area contributed by atoms with E-state index in [4.69, 9.17) is 46.4 Å². The second-order valence-corrected chi connectivity index (χ2v) is 5.70. The van der Waals surface area contributed by atoms with Crippen LogP contribution in [0.4, 0.5) is 0 Å². The van der Waals surface area contributed by atoms with Crippen LogP contribution in [0.5, 0.6) is 0 Å². The summed E-state index contributed by atoms with van der Waals surface area (Å²) in [5.74, 6) is 0. The molecule has 0 saturated heterocycles. The molecule has 0 aliphatic rings. The van der Waals surface area contributed by atoms with Gasteiger partial charge >= 0.3 is 0 Å². The Hall–Kier alpha value is -0.400. The molecule has 0 unspecified atom stereocenters. The molecule has 0 bridgehead atoms. The van der Waals surface area contributed by atoms with Crippen LogP contribution < -0.4 is 0 Å². The van der Waals surface area contributed by atoms with E-state index in [1.54, 1.807) is 0 Å². The molecule has 0 aliphatic carbocycles. The third-order valence-electron chi connectivity index (χ3n) is 2.76. The number of rotatable bonds is 2. The molecule has 0 atom stereocenters. The van der Waals surface area contributed by atoms with E-state index in [0.29, 0.717) is 26.5 Å². The van der Waals surface area contributed by atoms with E-state index in [2.05, 4.69) is 0 Å². The molecule has 2 aromatic carbocycles. The van der Waals surface area contributed by atoms with E-state index in [0.717, 1.165) is 16.7 Å². The summed E-state index contributed by atoms with van der Waals surface area (Å²) < 4.78 is 0. The first kappa shape index (κ1) is 14.0. The monoisotopic (exact) mass is 318 g/mol. The van der Waals surface area contributed by atoms with Gasteiger partial charge in [0.2, 0.25) is 0 Å². The molecular weight excluding hydrogens is 310 g/mol. The number of aryl methyl sites for hydroxylation is 1. The average molecular weight is 320 g/mol. The Morgan fingerprint density at radius 3 is 2.06 bits per heavy atom. The first-order chi connectivity index (χ1) is 8.49. The van der Waals surface area contributed by atoms with Gasteiger partial charge in [0.05, 0.1) is 0 Å². The lowest BCUT2D eigenvalue weighted by molar-refractivity contribution is 1.19. The predicted octanol–water partition coefficient (Wildman–Crippen LogP) is 6.20. The largest absolute Gasteiger partial charge is 0.0840 e. The second-order valence-electron chi connectivity index (χ2n) is 4.07. The maximum absolute atomic E-state index is 6.21. The van der Waals surface area contributed by atoms with Gasteiger partial charge in [-0.2, -0.15) is 0 Å². The summed E-state index contributed by atoms with van der Waals surface area (Å²) in [6, 6.07) is 9.15. The molecule has 0 aromatic heterocycles. The second kappa shape index (κ2) is 5.71. The highest BCUT2D eigenvalue weighted by Gasteiger charge is 2.10. The first-order valence-corrected chi connectivity index (χ1v) is 6.87. The van der Waals surface area contributed by atoms with Crippen LogP contribution in [0.1, 0.15) is 16.7 Å². The van der Waals surface area contributed by atoms with E-state index >= 15 is 0 Å². The third-order valence-corrected chi connectivity index (χ3v) is 4.22. The topological polar surface area (TPSA) is 0 Å². The van der Waals surface area contributed by atoms with E-state index in [9.17, 15) is 0 Å². The van der Waals surface area contributed by atoms with Gasteiger partial charge in [0.25, 0.3) is 0 Å². The zero-order valence-electron chi connectivity index (χ0n) is 9.61. The van der Waals surface area contributed by atoms with Crippen molar-refractivity contribution in [3.63, 3.8) is 0 Å². The highest BCUT2D eigenvalue weighted by molar-refractivity contribution is 6.36. The smallest absolute Gasteiger partial charge is 0.0456 e. The fraction of sp³-hybridized carbons (Fsp3) is 0.143. The maximum Gasteiger partial charge on any atom is 0.0456 e. The number of hydrogen-bond donors (Lipinski definition) is 0. The highest BCUT2D eigenvalue weighted by Crippen LogP contribution is 2.31. The third kappa shape index (κ3) is 2.95. The zero-order chi connectivity index (χ0) is 13.3. The lowest BCUT2D eigenvalue weighted by Gasteiger charge is -2.10. The van der Waals surface area contributed by atoms with Gasteiger partial charge < -0.3 is 0 Å². The molecule has 2 rings (SSSR count). The van der Waals surface area contributed by atoms with Crippen molar-refractivity contribution in [1.82, 2.24) is 0 Å². The van der Waals surface area contributed by atoms with E-state index < -0.39 is 0 Å². The summed E-state index contributed by atoms with van der Waals surface area (Å²) in [5.41, 5.74) is 2.74. The normalized spacial score (nSPS) is 10.7. The van der Waals surface area contributed by atoms with Gasteiger partial charge in [0.1, 0.15) is 0 Å². The molecule has 0 heterocycles. The van der Waals surface area contributed by atoms with E-state index in [1.165, 1.54) is 0 Å². The van der Waals surface area contributed by atoms with Crippen LogP contribution in [0, 0.1) is 6.92 Å². The Labute approximate surface area is 126 Å². The van der Waals surface area contributed by atoms with E-state index in [1.807, 2.05) is 37.3 Å². The highest BCUT2D eigenvalue weighted by atomic mass is 35.5. The molecule has 0 nitrogen and oxygen atoms in total. The van der Waals surface area contributed by atoms with Crippen LogP contribution in [0.25, 0.3) is 0 Å². The van der Waals surface area contributed by atoms with Crippen LogP contribution in [0.3, 0.4) is 0 Å². The van der Waals surface area contributed by atoms with Gasteiger partial charge in [0, 0.05) is 26.5 Å². The number of halogens is 4. The number of hydrogen-bond acceptors (Lipinski definition) is 0. The minimum Gasteiger partial charge on any atom is -0.0840 e. The summed E-state index contributed by atoms with van der Waals surface area (Å²) in [7, 11) is 0. The first-order valence-electron chi connectivity index (χ1n) is 5.36. The molecule has 0 N–H and O–H groups in total. The fourth-order valence-electron chi connectivity index (χ4n) is 1.71. The zero-order valence-corrected chi connectivity index (χ0v) is 12.6. The quantitative estimate of drug-likeness (QED) is 0.618. The van der Waals surface area contributed by atoms with Crippen LogP contribution in [0.15, 0.2) is 30.3 Å². The Morgan fingerprint density at radius 2 is 1.44 bits per heavy atom. The van der Waals surface area contributed by atoms with Crippen molar-refractivity contribution < 1.29 is 0 Å². The Balaban J connectivity index is 2.43. The summed E-state index contributed by atoms with van der Waals surface area (Å²) in [6.07, 6.45) is 0.567. The molecule has 0 spiro atoms. The van der Waals surface area contributed by atoms with Gasteiger partial charge in [-0.05, 0) is 47.9 Å². The summed E-state index contributed by atoms with van der Waals surface area (Å²) >= 11 is 24.6. The Kier molecular flexibility index (Phi) is 4.45. The Morgan fingerprint density at radius 1 is 0.833 bits per heavy atom. The molecule has 0 radical (unpaired) electrons. The van der Waals surface area contributed by atoms with Crippen molar-refractivity contribution in [1.29, 1.82) is 0 Å². The van der Waals surface area contributed by atoms with E-state index in [-0.39, 0.29) is 0 Å². The standard InChI is InChI=1S/C14H10Cl4/c1-8-5-14(18)9(7-13(8)17)6-10-11(15)3-2-4-12(10)16/h2-5,7H,6H2,1H3. The lowest BCUT2D eigenvalue weighted by Crippen LogP contribution is -1.93. The van der Waals surface area contributed by atoms with Gasteiger partial charge in [-0.3, -0.25) is 0 Å². The summed E-state index contributed by atoms with van der Waals surface area (Å²) in [6.45, 7) is 1.92. The molecule has 0 saturated carbocycles. The minimum absolute atomic E-state index is 0.567. The van der Waals surface area contributed by atoms with Crippen LogP contribution in [-0.2, 0) is 6.42 Å². The minimum atomic E-state index is 0.567. The maximum atomic E-state index is 6.21. The average Bonchev–Trinajstić information content (AvgIpc) is 2.30. The molecule has 2 aromatic rings. The van der Waals surface area contributed by atoms with Crippen molar-refractivity contribution in [3.05, 3.63) is 67.1 Å². The Bertz CT molecular complexity index is 570. The molecule has 0 fully saturated rings. The molecule has 0 amide bonds. The van der Waals surface area contributed by atoms with Crippen molar-refractivity contribution in [2.24, 2.45) is 0 Å². The molecule has 94 valence electrons. The molecule has 18 heavy (non-hydrogen) atoms. The van der Waals surface area contributed by atoms with Gasteiger partial charge in [-0.1, -0.05) is 52.5 Å². The number of benzene rings is 2. The molecule has 4 heteroatoms. The van der Waals surface area contributed by atoms with Gasteiger partial charge in [0.15, 0.2) is 0 Å². The van der Waals surface area contributed by atoms with Crippen molar-refractivity contribution in [3.8, 4) is 0 Å². The lowest BCUT2D eigenvalue weighted by atomic mass is 10.0. The summed E-state index contributed by atoms with van der Waals surface area (Å²) in [4.78, 5) is 0. The predicted molar refractivity (Wildman–Crippen MR) is 80.5 cm³/mol. The fourth-order valence-corrected chi connectivity index (χ4v) is 2.72. The van der Waals surface area contributed by atoms with Crippen LogP contribution >= 0.6 is 46.4 Å². The molecular formula is C14H10Cl4. The van der Waals surface area contributed by atoms with Crippen molar-refractivity contribution >= 4 is 46.4 Å². The van der Waals surface area contributed by atoms with Gasteiger partial charge in [-0.25, -0.2) is 0 Å². The van der Waals surface area contributed by atoms with Crippen molar-refractivity contribution in [2.75, 3.05) is 0 Å². The van der Waals surface area contributed by atoms with Gasteiger partial charge in [-0.15, -0.1) is 0 Å². The SMILES string of the molecule is Cc1cc(Cl)c(Cc2c(Cl)cccc2Cl)cc1Cl.